The van der Waals surface area contributed by atoms with E-state index in [1.54, 1.807) is 22.6 Å². The van der Waals surface area contributed by atoms with Crippen molar-refractivity contribution in [1.82, 2.24) is 0 Å². The number of nitro benzene ring substituents is 2. The molecule has 0 saturated carbocycles. The van der Waals surface area contributed by atoms with Gasteiger partial charge in [-0.1, -0.05) is 11.6 Å². The van der Waals surface area contributed by atoms with E-state index in [-0.39, 0.29) is 14.3 Å². The lowest BCUT2D eigenvalue weighted by molar-refractivity contribution is -0.394. The molecule has 0 aromatic heterocycles. The van der Waals surface area contributed by atoms with Crippen molar-refractivity contribution in [2.24, 2.45) is 0 Å². The van der Waals surface area contributed by atoms with Gasteiger partial charge in [-0.05, 0) is 28.7 Å². The first-order valence-electron chi connectivity index (χ1n) is 3.21. The van der Waals surface area contributed by atoms with E-state index in [0.717, 1.165) is 6.07 Å². The third kappa shape index (κ3) is 2.10. The molecule has 0 unspecified atom stereocenters. The standard InChI is InChI=1S/C6H2ClIN2O4/c7-3-1-4(8)6(10(13)14)2-5(3)9(11)12/h1-2H. The average Bonchev–Trinajstić information content (AvgIpc) is 2.02. The molecule has 0 saturated heterocycles. The van der Waals surface area contributed by atoms with Crippen LogP contribution >= 0.6 is 34.2 Å². The molecular weight excluding hydrogens is 326 g/mol. The third-order valence-corrected chi connectivity index (χ3v) is 2.58. The Morgan fingerprint density at radius 3 is 2.07 bits per heavy atom. The summed E-state index contributed by atoms with van der Waals surface area (Å²) >= 11 is 7.22. The molecule has 0 aliphatic carbocycles. The van der Waals surface area contributed by atoms with Gasteiger partial charge in [0.15, 0.2) is 0 Å². The predicted octanol–water partition coefficient (Wildman–Crippen LogP) is 2.76. The quantitative estimate of drug-likeness (QED) is 0.474. The first kappa shape index (κ1) is 11.1. The molecule has 1 aromatic rings. The maximum Gasteiger partial charge on any atom is 0.294 e. The van der Waals surface area contributed by atoms with Gasteiger partial charge < -0.3 is 0 Å². The third-order valence-electron chi connectivity index (χ3n) is 1.41. The summed E-state index contributed by atoms with van der Waals surface area (Å²) in [4.78, 5) is 19.4. The minimum absolute atomic E-state index is 0.106. The highest BCUT2D eigenvalue weighted by atomic mass is 127. The summed E-state index contributed by atoms with van der Waals surface area (Å²) in [5.74, 6) is 0. The number of hydrogen-bond acceptors (Lipinski definition) is 4. The average molecular weight is 328 g/mol. The van der Waals surface area contributed by atoms with Crippen molar-refractivity contribution in [2.75, 3.05) is 0 Å². The molecule has 1 rings (SSSR count). The molecule has 0 atom stereocenters. The van der Waals surface area contributed by atoms with Crippen LogP contribution in [0.25, 0.3) is 0 Å². The van der Waals surface area contributed by atoms with Crippen LogP contribution in [-0.4, -0.2) is 9.85 Å². The molecule has 0 spiro atoms. The number of hydrogen-bond donors (Lipinski definition) is 0. The summed E-state index contributed by atoms with van der Waals surface area (Å²) < 4.78 is 0.267. The molecule has 0 fully saturated rings. The Morgan fingerprint density at radius 1 is 1.14 bits per heavy atom. The monoisotopic (exact) mass is 328 g/mol. The molecule has 0 N–H and O–H groups in total. The highest BCUT2D eigenvalue weighted by Gasteiger charge is 2.21. The molecule has 0 heterocycles. The van der Waals surface area contributed by atoms with E-state index in [1.807, 2.05) is 0 Å². The van der Waals surface area contributed by atoms with Crippen molar-refractivity contribution in [2.45, 2.75) is 0 Å². The normalized spacial score (nSPS) is 9.86. The number of nitrogens with zero attached hydrogens (tertiary/aromatic N) is 2. The van der Waals surface area contributed by atoms with Gasteiger partial charge in [0, 0.05) is 0 Å². The Kier molecular flexibility index (Phi) is 3.21. The van der Waals surface area contributed by atoms with Crippen molar-refractivity contribution in [1.29, 1.82) is 0 Å². The van der Waals surface area contributed by atoms with Gasteiger partial charge in [0.05, 0.1) is 19.5 Å². The fourth-order valence-electron chi connectivity index (χ4n) is 0.806. The number of benzene rings is 1. The molecule has 1 aromatic carbocycles. The van der Waals surface area contributed by atoms with Crippen LogP contribution in [0.15, 0.2) is 12.1 Å². The minimum Gasteiger partial charge on any atom is -0.258 e. The molecule has 8 heteroatoms. The van der Waals surface area contributed by atoms with E-state index in [4.69, 9.17) is 11.6 Å². The van der Waals surface area contributed by atoms with E-state index in [9.17, 15) is 20.2 Å². The number of halogens is 2. The fraction of sp³-hybridized carbons (Fsp3) is 0. The zero-order chi connectivity index (χ0) is 10.9. The van der Waals surface area contributed by atoms with E-state index < -0.39 is 15.5 Å². The van der Waals surface area contributed by atoms with Crippen molar-refractivity contribution < 1.29 is 9.85 Å². The van der Waals surface area contributed by atoms with Crippen LogP contribution in [0.3, 0.4) is 0 Å². The van der Waals surface area contributed by atoms with Gasteiger partial charge in [-0.15, -0.1) is 0 Å². The molecule has 14 heavy (non-hydrogen) atoms. The molecule has 0 aliphatic heterocycles. The van der Waals surface area contributed by atoms with Gasteiger partial charge in [-0.3, -0.25) is 20.2 Å². The maximum atomic E-state index is 10.4. The van der Waals surface area contributed by atoms with Crippen LogP contribution in [0.4, 0.5) is 11.4 Å². The summed E-state index contributed by atoms with van der Waals surface area (Å²) in [5, 5.41) is 20.7. The second kappa shape index (κ2) is 4.05. The topological polar surface area (TPSA) is 86.3 Å². The Hall–Kier alpha value is -0.960. The summed E-state index contributed by atoms with van der Waals surface area (Å²) in [5.41, 5.74) is -0.777. The first-order valence-corrected chi connectivity index (χ1v) is 4.67. The van der Waals surface area contributed by atoms with Crippen LogP contribution in [0.1, 0.15) is 0 Å². The smallest absolute Gasteiger partial charge is 0.258 e. The Morgan fingerprint density at radius 2 is 1.64 bits per heavy atom. The van der Waals surface area contributed by atoms with Crippen LogP contribution in [0.5, 0.6) is 0 Å². The van der Waals surface area contributed by atoms with Crippen LogP contribution in [-0.2, 0) is 0 Å². The highest BCUT2D eigenvalue weighted by Crippen LogP contribution is 2.32. The van der Waals surface area contributed by atoms with Crippen LogP contribution < -0.4 is 0 Å². The zero-order valence-corrected chi connectivity index (χ0v) is 9.35. The zero-order valence-electron chi connectivity index (χ0n) is 6.44. The lowest BCUT2D eigenvalue weighted by atomic mass is 10.3. The number of nitro groups is 2. The molecule has 6 nitrogen and oxygen atoms in total. The highest BCUT2D eigenvalue weighted by molar-refractivity contribution is 14.1. The van der Waals surface area contributed by atoms with Crippen LogP contribution in [0, 0.1) is 23.8 Å². The second-order valence-electron chi connectivity index (χ2n) is 2.27. The van der Waals surface area contributed by atoms with Gasteiger partial charge in [0.1, 0.15) is 5.02 Å². The van der Waals surface area contributed by atoms with Gasteiger partial charge >= 0.3 is 0 Å². The van der Waals surface area contributed by atoms with Crippen molar-refractivity contribution in [3.8, 4) is 0 Å². The van der Waals surface area contributed by atoms with E-state index in [1.165, 1.54) is 6.07 Å². The summed E-state index contributed by atoms with van der Waals surface area (Å²) in [6.07, 6.45) is 0. The molecule has 0 bridgehead atoms. The van der Waals surface area contributed by atoms with E-state index >= 15 is 0 Å². The summed E-state index contributed by atoms with van der Waals surface area (Å²) in [6, 6.07) is 2.04. The molecular formula is C6H2ClIN2O4. The van der Waals surface area contributed by atoms with E-state index in [2.05, 4.69) is 0 Å². The Bertz CT molecular complexity index is 387. The maximum absolute atomic E-state index is 10.4. The Balaban J connectivity index is 3.42. The van der Waals surface area contributed by atoms with Crippen molar-refractivity contribution in [3.05, 3.63) is 41.0 Å². The van der Waals surface area contributed by atoms with Gasteiger partial charge in [-0.25, -0.2) is 0 Å². The minimum atomic E-state index is -0.759. The van der Waals surface area contributed by atoms with Crippen molar-refractivity contribution >= 4 is 45.6 Å². The lowest BCUT2D eigenvalue weighted by Gasteiger charge is -1.97. The second-order valence-corrected chi connectivity index (χ2v) is 3.84. The molecule has 0 amide bonds. The summed E-state index contributed by atoms with van der Waals surface area (Å²) in [6.45, 7) is 0. The van der Waals surface area contributed by atoms with Crippen molar-refractivity contribution in [3.63, 3.8) is 0 Å². The predicted molar refractivity (Wildman–Crippen MR) is 57.5 cm³/mol. The van der Waals surface area contributed by atoms with Crippen LogP contribution in [0.2, 0.25) is 5.02 Å². The fourth-order valence-corrected chi connectivity index (χ4v) is 1.89. The molecule has 0 aliphatic rings. The van der Waals surface area contributed by atoms with Gasteiger partial charge in [-0.2, -0.15) is 0 Å². The van der Waals surface area contributed by atoms with E-state index in [0.29, 0.717) is 0 Å². The first-order chi connectivity index (χ1) is 6.43. The summed E-state index contributed by atoms with van der Waals surface area (Å²) in [7, 11) is 0. The lowest BCUT2D eigenvalue weighted by Crippen LogP contribution is -1.95. The SMILES string of the molecule is O=[N+]([O-])c1cc([N+](=O)[O-])c(I)cc1Cl. The van der Waals surface area contributed by atoms with Gasteiger partial charge in [0.25, 0.3) is 11.4 Å². The largest absolute Gasteiger partial charge is 0.294 e. The van der Waals surface area contributed by atoms with Gasteiger partial charge in [0.2, 0.25) is 0 Å². The molecule has 74 valence electrons. The molecule has 0 radical (unpaired) electrons. The Labute approximate surface area is 96.3 Å². The number of rotatable bonds is 2.